The fourth-order valence-electron chi connectivity index (χ4n) is 5.30. The Kier molecular flexibility index (Phi) is 3.61. The Morgan fingerprint density at radius 2 is 0.767 bits per heavy atom. The van der Waals surface area contributed by atoms with Gasteiger partial charge in [0, 0.05) is 21.5 Å². The van der Waals surface area contributed by atoms with E-state index in [0.29, 0.717) is 0 Å². The van der Waals surface area contributed by atoms with Gasteiger partial charge in [-0.3, -0.25) is 0 Å². The molecule has 146 valence electrons. The van der Waals surface area contributed by atoms with Crippen molar-refractivity contribution in [2.24, 2.45) is 0 Å². The quantitative estimate of drug-likeness (QED) is 0.296. The molecule has 6 rings (SSSR count). The third-order valence-electron chi connectivity index (χ3n) is 6.79. The van der Waals surface area contributed by atoms with Crippen LogP contribution in [-0.2, 0) is 5.66 Å². The zero-order valence-electron chi connectivity index (χ0n) is 17.3. The van der Waals surface area contributed by atoms with Gasteiger partial charge < -0.3 is 9.13 Å². The van der Waals surface area contributed by atoms with Crippen molar-refractivity contribution >= 4 is 43.6 Å². The van der Waals surface area contributed by atoms with Crippen LogP contribution in [-0.4, -0.2) is 9.13 Å². The summed E-state index contributed by atoms with van der Waals surface area (Å²) in [4.78, 5) is 0. The van der Waals surface area contributed by atoms with E-state index in [4.69, 9.17) is 0 Å². The first-order chi connectivity index (χ1) is 14.7. The minimum Gasteiger partial charge on any atom is -0.317 e. The van der Waals surface area contributed by atoms with Gasteiger partial charge in [-0.05, 0) is 37.6 Å². The summed E-state index contributed by atoms with van der Waals surface area (Å²) in [5.74, 6) is 0. The molecule has 0 saturated heterocycles. The van der Waals surface area contributed by atoms with Crippen molar-refractivity contribution in [1.29, 1.82) is 0 Å². The number of benzene rings is 4. The van der Waals surface area contributed by atoms with Crippen molar-refractivity contribution in [3.63, 3.8) is 0 Å². The van der Waals surface area contributed by atoms with E-state index in [0.717, 1.165) is 6.42 Å². The lowest BCUT2D eigenvalue weighted by Crippen LogP contribution is -2.37. The fraction of sp³-hybridized carbons (Fsp3) is 0.143. The average Bonchev–Trinajstić information content (AvgIpc) is 3.33. The Hall–Kier alpha value is -3.52. The van der Waals surface area contributed by atoms with Crippen LogP contribution in [0.4, 0.5) is 0 Å². The summed E-state index contributed by atoms with van der Waals surface area (Å²) in [6.07, 6.45) is 0.971. The molecule has 6 aromatic rings. The van der Waals surface area contributed by atoms with Crippen LogP contribution in [0.15, 0.2) is 97.1 Å². The summed E-state index contributed by atoms with van der Waals surface area (Å²) in [5, 5.41) is 5.25. The topological polar surface area (TPSA) is 9.86 Å². The lowest BCUT2D eigenvalue weighted by atomic mass is 10.1. The molecule has 0 saturated carbocycles. The molecule has 4 aromatic carbocycles. The lowest BCUT2D eigenvalue weighted by molar-refractivity contribution is 0.282. The van der Waals surface area contributed by atoms with Gasteiger partial charge in [0.15, 0.2) is 0 Å². The van der Waals surface area contributed by atoms with E-state index in [1.54, 1.807) is 0 Å². The molecule has 0 N–H and O–H groups in total. The number of fused-ring (bicyclic) bond motifs is 6. The highest BCUT2D eigenvalue weighted by molar-refractivity contribution is 6.10. The molecule has 0 aliphatic carbocycles. The highest BCUT2D eigenvalue weighted by Gasteiger charge is 2.32. The summed E-state index contributed by atoms with van der Waals surface area (Å²) in [7, 11) is 0. The largest absolute Gasteiger partial charge is 0.317 e. The van der Waals surface area contributed by atoms with E-state index in [-0.39, 0.29) is 5.66 Å². The second-order valence-corrected chi connectivity index (χ2v) is 8.31. The van der Waals surface area contributed by atoms with Gasteiger partial charge in [-0.25, -0.2) is 0 Å². The van der Waals surface area contributed by atoms with Crippen LogP contribution < -0.4 is 0 Å². The number of para-hydroxylation sites is 4. The van der Waals surface area contributed by atoms with Crippen LogP contribution in [0.25, 0.3) is 43.6 Å². The summed E-state index contributed by atoms with van der Waals surface area (Å²) < 4.78 is 5.10. The van der Waals surface area contributed by atoms with E-state index in [1.165, 1.54) is 43.6 Å². The monoisotopic (exact) mass is 388 g/mol. The molecule has 0 unspecified atom stereocenters. The average molecular weight is 389 g/mol. The van der Waals surface area contributed by atoms with Crippen LogP contribution in [0.2, 0.25) is 0 Å². The second-order valence-electron chi connectivity index (χ2n) is 8.31. The number of hydrogen-bond acceptors (Lipinski definition) is 0. The highest BCUT2D eigenvalue weighted by atomic mass is 15.3. The molecule has 0 aliphatic heterocycles. The molecule has 2 aromatic heterocycles. The van der Waals surface area contributed by atoms with Gasteiger partial charge >= 0.3 is 0 Å². The Morgan fingerprint density at radius 3 is 1.03 bits per heavy atom. The fourth-order valence-corrected chi connectivity index (χ4v) is 5.30. The van der Waals surface area contributed by atoms with Gasteiger partial charge in [0.2, 0.25) is 0 Å². The number of aromatic nitrogens is 2. The predicted octanol–water partition coefficient (Wildman–Crippen LogP) is 7.53. The summed E-state index contributed by atoms with van der Waals surface area (Å²) >= 11 is 0. The van der Waals surface area contributed by atoms with Crippen LogP contribution in [0.5, 0.6) is 0 Å². The standard InChI is InChI=1S/C28H24N2/c1-3-28(2,29-24-16-8-4-12-20(24)21-13-5-9-17-25(21)29)30-26-18-10-6-14-22(26)23-15-7-11-19-27(23)30/h4-19H,3H2,1-2H3. The maximum atomic E-state index is 2.55. The summed E-state index contributed by atoms with van der Waals surface area (Å²) in [6.45, 7) is 4.68. The summed E-state index contributed by atoms with van der Waals surface area (Å²) in [5.41, 5.74) is 4.87. The number of hydrogen-bond donors (Lipinski definition) is 0. The molecule has 0 spiro atoms. The van der Waals surface area contributed by atoms with Crippen LogP contribution in [0, 0.1) is 0 Å². The van der Waals surface area contributed by atoms with Gasteiger partial charge in [-0.15, -0.1) is 0 Å². The zero-order valence-corrected chi connectivity index (χ0v) is 17.3. The van der Waals surface area contributed by atoms with Crippen LogP contribution in [0.1, 0.15) is 20.3 Å². The molecule has 30 heavy (non-hydrogen) atoms. The van der Waals surface area contributed by atoms with E-state index in [1.807, 2.05) is 0 Å². The maximum absolute atomic E-state index is 2.55. The number of rotatable bonds is 3. The summed E-state index contributed by atoms with van der Waals surface area (Å²) in [6, 6.07) is 35.2. The Bertz CT molecular complexity index is 1330. The highest BCUT2D eigenvalue weighted by Crippen LogP contribution is 2.41. The molecule has 0 fully saturated rings. The van der Waals surface area contributed by atoms with E-state index in [9.17, 15) is 0 Å². The normalized spacial score (nSPS) is 12.5. The van der Waals surface area contributed by atoms with Crippen molar-refractivity contribution in [2.75, 3.05) is 0 Å². The SMILES string of the molecule is CCC(C)(n1c2ccccc2c2ccccc21)n1c2ccccc2c2ccccc21. The first-order valence-corrected chi connectivity index (χ1v) is 10.7. The minimum atomic E-state index is -0.259. The maximum Gasteiger partial charge on any atom is 0.119 e. The predicted molar refractivity (Wildman–Crippen MR) is 128 cm³/mol. The molecular weight excluding hydrogens is 364 g/mol. The molecule has 0 radical (unpaired) electrons. The molecule has 2 nitrogen and oxygen atoms in total. The van der Waals surface area contributed by atoms with E-state index >= 15 is 0 Å². The molecule has 0 bridgehead atoms. The van der Waals surface area contributed by atoms with Gasteiger partial charge in [0.05, 0.1) is 22.1 Å². The Labute approximate surface area is 176 Å². The molecule has 0 atom stereocenters. The molecule has 0 aliphatic rings. The molecule has 2 heterocycles. The van der Waals surface area contributed by atoms with E-state index < -0.39 is 0 Å². The third kappa shape index (κ3) is 2.14. The van der Waals surface area contributed by atoms with Crippen molar-refractivity contribution in [3.8, 4) is 0 Å². The Morgan fingerprint density at radius 1 is 0.500 bits per heavy atom. The zero-order chi connectivity index (χ0) is 20.3. The minimum absolute atomic E-state index is 0.259. The smallest absolute Gasteiger partial charge is 0.119 e. The van der Waals surface area contributed by atoms with Crippen molar-refractivity contribution in [2.45, 2.75) is 25.9 Å². The van der Waals surface area contributed by atoms with E-state index in [2.05, 4.69) is 120 Å². The van der Waals surface area contributed by atoms with Crippen LogP contribution in [0.3, 0.4) is 0 Å². The van der Waals surface area contributed by atoms with Crippen LogP contribution >= 0.6 is 0 Å². The third-order valence-corrected chi connectivity index (χ3v) is 6.79. The number of nitrogens with zero attached hydrogens (tertiary/aromatic N) is 2. The lowest BCUT2D eigenvalue weighted by Gasteiger charge is -2.36. The van der Waals surface area contributed by atoms with Gasteiger partial charge in [0.1, 0.15) is 5.66 Å². The second kappa shape index (κ2) is 6.24. The molecule has 2 heteroatoms. The van der Waals surface area contributed by atoms with Gasteiger partial charge in [0.25, 0.3) is 0 Å². The van der Waals surface area contributed by atoms with Crippen molar-refractivity contribution < 1.29 is 0 Å². The van der Waals surface area contributed by atoms with Gasteiger partial charge in [-0.2, -0.15) is 0 Å². The molecule has 0 amide bonds. The van der Waals surface area contributed by atoms with Crippen molar-refractivity contribution in [1.82, 2.24) is 9.13 Å². The first kappa shape index (κ1) is 17.3. The Balaban J connectivity index is 1.83. The van der Waals surface area contributed by atoms with Gasteiger partial charge in [-0.1, -0.05) is 79.7 Å². The first-order valence-electron chi connectivity index (χ1n) is 10.7. The van der Waals surface area contributed by atoms with Crippen molar-refractivity contribution in [3.05, 3.63) is 97.1 Å². The molecular formula is C28H24N2.